The third-order valence-corrected chi connectivity index (χ3v) is 8.69. The van der Waals surface area contributed by atoms with Gasteiger partial charge in [-0.25, -0.2) is 0 Å². The number of hydrogen-bond acceptors (Lipinski definition) is 7. The normalized spacial score (nSPS) is 16.9. The number of nitrogens with zero attached hydrogens (tertiary/aromatic N) is 3. The summed E-state index contributed by atoms with van der Waals surface area (Å²) in [5.74, 6) is 1.61. The number of anilines is 3. The van der Waals surface area contributed by atoms with Crippen molar-refractivity contribution >= 4 is 34.2 Å². The Bertz CT molecular complexity index is 1820. The number of benzene rings is 4. The molecule has 0 aliphatic carbocycles. The molecule has 1 aromatic heterocycles. The van der Waals surface area contributed by atoms with Crippen LogP contribution in [0.25, 0.3) is 33.2 Å². The minimum atomic E-state index is 0.392. The first-order valence-corrected chi connectivity index (χ1v) is 14.0. The second kappa shape index (κ2) is 9.19. The SMILES string of the molecule is N=Cc1c(N)cccc1-c1ccc2c(c1)Oc1cc(-c3cccc4[nH]ncc34)ccc1N2CCN1CC2(COC2)C1. The van der Waals surface area contributed by atoms with Crippen LogP contribution in [0.3, 0.4) is 0 Å². The summed E-state index contributed by atoms with van der Waals surface area (Å²) in [6.45, 7) is 5.80. The quantitative estimate of drug-likeness (QED) is 0.178. The van der Waals surface area contributed by atoms with Gasteiger partial charge in [-0.05, 0) is 58.7 Å². The minimum absolute atomic E-state index is 0.392. The smallest absolute Gasteiger partial charge is 0.151 e. The van der Waals surface area contributed by atoms with Crippen molar-refractivity contribution in [1.29, 1.82) is 5.41 Å². The zero-order valence-electron chi connectivity index (χ0n) is 22.6. The summed E-state index contributed by atoms with van der Waals surface area (Å²) in [5, 5.41) is 16.3. The van der Waals surface area contributed by atoms with Crippen LogP contribution in [-0.4, -0.2) is 60.7 Å². The second-order valence-corrected chi connectivity index (χ2v) is 11.4. The number of aromatic amines is 1. The van der Waals surface area contributed by atoms with Crippen LogP contribution in [0, 0.1) is 10.8 Å². The molecular weight excluding hydrogens is 512 g/mol. The van der Waals surface area contributed by atoms with Crippen LogP contribution in [-0.2, 0) is 4.74 Å². The van der Waals surface area contributed by atoms with E-state index in [-0.39, 0.29) is 0 Å². The van der Waals surface area contributed by atoms with Crippen LogP contribution in [0.4, 0.5) is 17.1 Å². The molecule has 2 fully saturated rings. The first-order valence-electron chi connectivity index (χ1n) is 14.0. The number of aromatic nitrogens is 2. The molecule has 41 heavy (non-hydrogen) atoms. The Morgan fingerprint density at radius 3 is 2.32 bits per heavy atom. The van der Waals surface area contributed by atoms with Gasteiger partial charge in [-0.1, -0.05) is 36.4 Å². The van der Waals surface area contributed by atoms with Gasteiger partial charge in [0, 0.05) is 54.4 Å². The Labute approximate surface area is 237 Å². The highest BCUT2D eigenvalue weighted by Crippen LogP contribution is 2.49. The van der Waals surface area contributed by atoms with Gasteiger partial charge in [-0.15, -0.1) is 0 Å². The van der Waals surface area contributed by atoms with Gasteiger partial charge in [0.25, 0.3) is 0 Å². The minimum Gasteiger partial charge on any atom is -0.453 e. The first kappa shape index (κ1) is 24.2. The topological polar surface area (TPSA) is 103 Å². The van der Waals surface area contributed by atoms with Gasteiger partial charge in [-0.3, -0.25) is 5.10 Å². The van der Waals surface area contributed by atoms with Crippen molar-refractivity contribution in [3.63, 3.8) is 0 Å². The van der Waals surface area contributed by atoms with E-state index in [1.54, 1.807) is 0 Å². The highest BCUT2D eigenvalue weighted by Gasteiger charge is 2.48. The molecule has 1 spiro atoms. The Hall–Kier alpha value is -4.66. The van der Waals surface area contributed by atoms with Gasteiger partial charge in [0.05, 0.1) is 36.3 Å². The maximum atomic E-state index is 7.94. The number of fused-ring (bicyclic) bond motifs is 3. The molecule has 3 aliphatic rings. The molecule has 4 heterocycles. The van der Waals surface area contributed by atoms with Crippen molar-refractivity contribution in [1.82, 2.24) is 15.1 Å². The number of nitrogens with two attached hydrogens (primary N) is 1. The van der Waals surface area contributed by atoms with E-state index in [2.05, 4.69) is 62.5 Å². The highest BCUT2D eigenvalue weighted by atomic mass is 16.5. The summed E-state index contributed by atoms with van der Waals surface area (Å²) in [6.07, 6.45) is 3.20. The molecule has 0 atom stereocenters. The summed E-state index contributed by atoms with van der Waals surface area (Å²) in [6, 6.07) is 24.7. The molecule has 4 aromatic carbocycles. The molecular formula is C33H30N6O2. The predicted molar refractivity (Wildman–Crippen MR) is 162 cm³/mol. The molecule has 5 aromatic rings. The van der Waals surface area contributed by atoms with E-state index in [1.165, 1.54) is 6.21 Å². The number of nitrogen functional groups attached to an aromatic ring is 1. The number of nitrogens with one attached hydrogen (secondary N) is 2. The third kappa shape index (κ3) is 3.90. The van der Waals surface area contributed by atoms with E-state index in [4.69, 9.17) is 20.6 Å². The van der Waals surface area contributed by atoms with Gasteiger partial charge in [0.1, 0.15) is 0 Å². The highest BCUT2D eigenvalue weighted by molar-refractivity contribution is 5.97. The zero-order valence-corrected chi connectivity index (χ0v) is 22.6. The lowest BCUT2D eigenvalue weighted by Crippen LogP contribution is -2.66. The lowest BCUT2D eigenvalue weighted by molar-refractivity contribution is -0.187. The monoisotopic (exact) mass is 542 g/mol. The van der Waals surface area contributed by atoms with E-state index in [0.29, 0.717) is 16.7 Å². The second-order valence-electron chi connectivity index (χ2n) is 11.4. The molecule has 3 aliphatic heterocycles. The number of H-pyrrole nitrogens is 1. The summed E-state index contributed by atoms with van der Waals surface area (Å²) in [4.78, 5) is 4.89. The molecule has 4 N–H and O–H groups in total. The van der Waals surface area contributed by atoms with Crippen molar-refractivity contribution in [3.8, 4) is 33.8 Å². The van der Waals surface area contributed by atoms with Gasteiger partial charge >= 0.3 is 0 Å². The van der Waals surface area contributed by atoms with Crippen LogP contribution >= 0.6 is 0 Å². The Morgan fingerprint density at radius 2 is 1.61 bits per heavy atom. The molecule has 8 heteroatoms. The lowest BCUT2D eigenvalue weighted by Gasteiger charge is -2.55. The Balaban J connectivity index is 1.18. The molecule has 8 rings (SSSR count). The Kier molecular flexibility index (Phi) is 5.42. The van der Waals surface area contributed by atoms with Gasteiger partial charge in [0.15, 0.2) is 11.5 Å². The Morgan fingerprint density at radius 1 is 0.902 bits per heavy atom. The maximum Gasteiger partial charge on any atom is 0.151 e. The van der Waals surface area contributed by atoms with Crippen molar-refractivity contribution in [2.24, 2.45) is 5.41 Å². The van der Waals surface area contributed by atoms with Crippen LogP contribution in [0.2, 0.25) is 0 Å². The summed E-state index contributed by atoms with van der Waals surface area (Å²) in [7, 11) is 0. The van der Waals surface area contributed by atoms with E-state index in [0.717, 1.165) is 95.4 Å². The molecule has 0 amide bonds. The standard InChI is InChI=1S/C33H30N6O2/c34-15-25-23(3-1-5-27(25)35)21-7-9-29-31(13-21)41-32-14-22(24-4-2-6-28-26(24)16-36-37-28)8-10-30(32)39(29)12-11-38-17-33(18-38)19-40-20-33/h1-10,13-16,34H,11-12,17-20,35H2,(H,36,37). The number of rotatable bonds is 6. The third-order valence-electron chi connectivity index (χ3n) is 8.69. The van der Waals surface area contributed by atoms with Crippen molar-refractivity contribution < 1.29 is 9.47 Å². The van der Waals surface area contributed by atoms with E-state index < -0.39 is 0 Å². The summed E-state index contributed by atoms with van der Waals surface area (Å²) < 4.78 is 12.1. The van der Waals surface area contributed by atoms with Crippen LogP contribution in [0.1, 0.15) is 5.56 Å². The van der Waals surface area contributed by atoms with Crippen molar-refractivity contribution in [2.45, 2.75) is 0 Å². The van der Waals surface area contributed by atoms with E-state index in [1.807, 2.05) is 36.5 Å². The molecule has 0 saturated carbocycles. The maximum absolute atomic E-state index is 7.94. The molecule has 2 saturated heterocycles. The van der Waals surface area contributed by atoms with Gasteiger partial charge in [0.2, 0.25) is 0 Å². The number of likely N-dealkylation sites (tertiary alicyclic amines) is 1. The van der Waals surface area contributed by atoms with Gasteiger partial charge in [-0.2, -0.15) is 5.10 Å². The summed E-state index contributed by atoms with van der Waals surface area (Å²) >= 11 is 0. The van der Waals surface area contributed by atoms with Crippen molar-refractivity contribution in [2.75, 3.05) is 50.0 Å². The van der Waals surface area contributed by atoms with E-state index in [9.17, 15) is 0 Å². The molecule has 0 unspecified atom stereocenters. The fraction of sp³-hybridized carbons (Fsp3) is 0.212. The van der Waals surface area contributed by atoms with Crippen LogP contribution in [0.5, 0.6) is 11.5 Å². The fourth-order valence-electron chi connectivity index (χ4n) is 6.55. The van der Waals surface area contributed by atoms with E-state index >= 15 is 0 Å². The summed E-state index contributed by atoms with van der Waals surface area (Å²) in [5.41, 5.74) is 15.1. The predicted octanol–water partition coefficient (Wildman–Crippen LogP) is 6.05. The average Bonchev–Trinajstić information content (AvgIpc) is 3.43. The number of hydrogen-bond donors (Lipinski definition) is 3. The first-order chi connectivity index (χ1) is 20.1. The lowest BCUT2D eigenvalue weighted by atomic mass is 9.78. The average molecular weight is 543 g/mol. The van der Waals surface area contributed by atoms with Crippen LogP contribution in [0.15, 0.2) is 79.0 Å². The molecule has 0 bridgehead atoms. The molecule has 0 radical (unpaired) electrons. The zero-order chi connectivity index (χ0) is 27.6. The molecule has 204 valence electrons. The molecule has 8 nitrogen and oxygen atoms in total. The van der Waals surface area contributed by atoms with Crippen LogP contribution < -0.4 is 15.4 Å². The van der Waals surface area contributed by atoms with Gasteiger partial charge < -0.3 is 30.4 Å². The van der Waals surface area contributed by atoms with Crippen molar-refractivity contribution in [3.05, 3.63) is 84.6 Å². The largest absolute Gasteiger partial charge is 0.453 e. The fourth-order valence-corrected chi connectivity index (χ4v) is 6.55. The number of ether oxygens (including phenoxy) is 2.